The van der Waals surface area contributed by atoms with E-state index in [9.17, 15) is 14.7 Å². The minimum Gasteiger partial charge on any atom is -0.465 e. The van der Waals surface area contributed by atoms with E-state index in [1.807, 2.05) is 6.92 Å². The van der Waals surface area contributed by atoms with Crippen LogP contribution in [0.5, 0.6) is 0 Å². The van der Waals surface area contributed by atoms with Crippen molar-refractivity contribution in [2.75, 3.05) is 22.1 Å². The molecule has 6 nitrogen and oxygen atoms in total. The number of anilines is 3. The van der Waals surface area contributed by atoms with Gasteiger partial charge in [-0.2, -0.15) is 0 Å². The summed E-state index contributed by atoms with van der Waals surface area (Å²) >= 11 is 0. The lowest BCUT2D eigenvalue weighted by Crippen LogP contribution is -2.51. The van der Waals surface area contributed by atoms with Crippen molar-refractivity contribution in [3.05, 3.63) is 18.2 Å². The first-order chi connectivity index (χ1) is 8.41. The fraction of sp³-hybridized carbons (Fsp3) is 0.333. The molecule has 0 spiro atoms. The van der Waals surface area contributed by atoms with E-state index >= 15 is 0 Å². The summed E-state index contributed by atoms with van der Waals surface area (Å²) in [6, 6.07) is 4.67. The molecule has 0 bridgehead atoms. The van der Waals surface area contributed by atoms with Gasteiger partial charge in [-0.25, -0.2) is 4.79 Å². The molecule has 0 radical (unpaired) electrons. The number of carbonyl (C=O) groups is 2. The Labute approximate surface area is 105 Å². The number of amides is 2. The summed E-state index contributed by atoms with van der Waals surface area (Å²) in [5.41, 5.74) is 7.24. The van der Waals surface area contributed by atoms with Gasteiger partial charge in [-0.3, -0.25) is 9.69 Å². The lowest BCUT2D eigenvalue weighted by atomic mass is 10.1. The van der Waals surface area contributed by atoms with E-state index in [-0.39, 0.29) is 18.5 Å². The number of carbonyl (C=O) groups excluding carboxylic acids is 1. The second-order valence-corrected chi connectivity index (χ2v) is 4.38. The Bertz CT molecular complexity index is 515. The molecule has 1 heterocycles. The maximum absolute atomic E-state index is 11.7. The van der Waals surface area contributed by atoms with Gasteiger partial charge in [0.05, 0.1) is 17.4 Å². The molecule has 1 aliphatic heterocycles. The van der Waals surface area contributed by atoms with Crippen LogP contribution in [0.15, 0.2) is 18.2 Å². The summed E-state index contributed by atoms with van der Waals surface area (Å²) in [7, 11) is 0. The molecule has 0 saturated carbocycles. The summed E-state index contributed by atoms with van der Waals surface area (Å²) in [6.07, 6.45) is -1.03. The molecule has 1 aromatic rings. The van der Waals surface area contributed by atoms with Gasteiger partial charge in [-0.05, 0) is 25.1 Å². The van der Waals surface area contributed by atoms with Crippen molar-refractivity contribution in [3.63, 3.8) is 0 Å². The molecule has 3 N–H and O–H groups in total. The number of benzene rings is 1. The summed E-state index contributed by atoms with van der Waals surface area (Å²) < 4.78 is 0. The minimum absolute atomic E-state index is 0.126. The van der Waals surface area contributed by atoms with Gasteiger partial charge in [0.2, 0.25) is 5.91 Å². The van der Waals surface area contributed by atoms with Gasteiger partial charge in [0, 0.05) is 19.2 Å². The SMILES string of the molecule is CC(=O)N1c2cc(N)ccc2N(C(=O)O)C[C@@H]1C. The minimum atomic E-state index is -1.03. The van der Waals surface area contributed by atoms with Crippen LogP contribution in [0.1, 0.15) is 13.8 Å². The Kier molecular flexibility index (Phi) is 2.86. The number of rotatable bonds is 0. The third kappa shape index (κ3) is 1.85. The van der Waals surface area contributed by atoms with Crippen molar-refractivity contribution >= 4 is 29.1 Å². The zero-order chi connectivity index (χ0) is 13.4. The molecule has 0 unspecified atom stereocenters. The quantitative estimate of drug-likeness (QED) is 0.682. The van der Waals surface area contributed by atoms with Crippen LogP contribution in [0, 0.1) is 0 Å². The second-order valence-electron chi connectivity index (χ2n) is 4.38. The molecule has 0 aromatic heterocycles. The van der Waals surface area contributed by atoms with Crippen molar-refractivity contribution in [2.24, 2.45) is 0 Å². The Hall–Kier alpha value is -2.24. The van der Waals surface area contributed by atoms with Gasteiger partial charge in [0.1, 0.15) is 0 Å². The van der Waals surface area contributed by atoms with E-state index in [2.05, 4.69) is 0 Å². The van der Waals surface area contributed by atoms with Crippen LogP contribution in [-0.4, -0.2) is 29.7 Å². The first-order valence-electron chi connectivity index (χ1n) is 5.61. The number of hydrogen-bond acceptors (Lipinski definition) is 3. The fourth-order valence-corrected chi connectivity index (χ4v) is 2.30. The van der Waals surface area contributed by atoms with Crippen molar-refractivity contribution in [2.45, 2.75) is 19.9 Å². The predicted molar refractivity (Wildman–Crippen MR) is 68.8 cm³/mol. The summed E-state index contributed by atoms with van der Waals surface area (Å²) in [5, 5.41) is 9.19. The molecule has 6 heteroatoms. The van der Waals surface area contributed by atoms with E-state index in [1.165, 1.54) is 11.8 Å². The number of nitrogens with two attached hydrogens (primary N) is 1. The standard InChI is InChI=1S/C12H15N3O3/c1-7-6-14(12(17)18)10-4-3-9(13)5-11(10)15(7)8(2)16/h3-5,7H,6,13H2,1-2H3,(H,17,18)/t7-/m0/s1. The first-order valence-corrected chi connectivity index (χ1v) is 5.61. The zero-order valence-corrected chi connectivity index (χ0v) is 10.3. The van der Waals surface area contributed by atoms with Crippen molar-refractivity contribution in [3.8, 4) is 0 Å². The largest absolute Gasteiger partial charge is 0.465 e. The highest BCUT2D eigenvalue weighted by molar-refractivity contribution is 6.02. The predicted octanol–water partition coefficient (Wildman–Crippen LogP) is 1.51. The molecule has 1 aromatic carbocycles. The molecule has 0 saturated heterocycles. The van der Waals surface area contributed by atoms with Crippen molar-refractivity contribution in [1.29, 1.82) is 0 Å². The number of fused-ring (bicyclic) bond motifs is 1. The molecule has 2 amide bonds. The molecule has 1 aliphatic rings. The third-order valence-corrected chi connectivity index (χ3v) is 3.01. The van der Waals surface area contributed by atoms with E-state index in [4.69, 9.17) is 5.73 Å². The Morgan fingerprint density at radius 1 is 1.39 bits per heavy atom. The lowest BCUT2D eigenvalue weighted by molar-refractivity contribution is -0.117. The fourth-order valence-electron chi connectivity index (χ4n) is 2.30. The van der Waals surface area contributed by atoms with E-state index in [0.29, 0.717) is 17.1 Å². The van der Waals surface area contributed by atoms with Crippen LogP contribution in [0.4, 0.5) is 21.9 Å². The van der Waals surface area contributed by atoms with Crippen molar-refractivity contribution in [1.82, 2.24) is 0 Å². The van der Waals surface area contributed by atoms with E-state index in [0.717, 1.165) is 0 Å². The molecular formula is C12H15N3O3. The number of carboxylic acid groups (broad SMARTS) is 1. The summed E-state index contributed by atoms with van der Waals surface area (Å²) in [5.74, 6) is -0.126. The average Bonchev–Trinajstić information content (AvgIpc) is 2.26. The normalized spacial score (nSPS) is 18.4. The summed E-state index contributed by atoms with van der Waals surface area (Å²) in [6.45, 7) is 3.52. The monoisotopic (exact) mass is 249 g/mol. The van der Waals surface area contributed by atoms with Gasteiger partial charge < -0.3 is 15.7 Å². The number of nitrogen functional groups attached to an aromatic ring is 1. The topological polar surface area (TPSA) is 86.9 Å². The Balaban J connectivity index is 2.59. The van der Waals surface area contributed by atoms with Gasteiger partial charge in [-0.15, -0.1) is 0 Å². The highest BCUT2D eigenvalue weighted by atomic mass is 16.4. The molecule has 96 valence electrons. The van der Waals surface area contributed by atoms with Crippen LogP contribution < -0.4 is 15.5 Å². The van der Waals surface area contributed by atoms with Gasteiger partial charge in [0.15, 0.2) is 0 Å². The highest BCUT2D eigenvalue weighted by Crippen LogP contribution is 2.37. The van der Waals surface area contributed by atoms with Crippen LogP contribution in [-0.2, 0) is 4.79 Å². The third-order valence-electron chi connectivity index (χ3n) is 3.01. The lowest BCUT2D eigenvalue weighted by Gasteiger charge is -2.39. The summed E-state index contributed by atoms with van der Waals surface area (Å²) in [4.78, 5) is 25.7. The first kappa shape index (κ1) is 12.2. The number of hydrogen-bond donors (Lipinski definition) is 2. The van der Waals surface area contributed by atoms with E-state index < -0.39 is 6.09 Å². The Morgan fingerprint density at radius 3 is 2.61 bits per heavy atom. The van der Waals surface area contributed by atoms with E-state index in [1.54, 1.807) is 23.1 Å². The zero-order valence-electron chi connectivity index (χ0n) is 10.3. The Morgan fingerprint density at radius 2 is 2.06 bits per heavy atom. The molecular weight excluding hydrogens is 234 g/mol. The van der Waals surface area contributed by atoms with Crippen LogP contribution in [0.25, 0.3) is 0 Å². The van der Waals surface area contributed by atoms with Crippen LogP contribution in [0.3, 0.4) is 0 Å². The molecule has 2 rings (SSSR count). The van der Waals surface area contributed by atoms with Gasteiger partial charge in [-0.1, -0.05) is 0 Å². The smallest absolute Gasteiger partial charge is 0.411 e. The molecule has 0 aliphatic carbocycles. The van der Waals surface area contributed by atoms with Gasteiger partial charge >= 0.3 is 6.09 Å². The maximum Gasteiger partial charge on any atom is 0.411 e. The molecule has 18 heavy (non-hydrogen) atoms. The maximum atomic E-state index is 11.7. The van der Waals surface area contributed by atoms with Crippen LogP contribution in [0.2, 0.25) is 0 Å². The second kappa shape index (κ2) is 4.21. The highest BCUT2D eigenvalue weighted by Gasteiger charge is 2.33. The molecule has 0 fully saturated rings. The number of nitrogens with zero attached hydrogens (tertiary/aromatic N) is 2. The average molecular weight is 249 g/mol. The van der Waals surface area contributed by atoms with Crippen LogP contribution >= 0.6 is 0 Å². The van der Waals surface area contributed by atoms with Crippen molar-refractivity contribution < 1.29 is 14.7 Å². The van der Waals surface area contributed by atoms with Gasteiger partial charge in [0.25, 0.3) is 0 Å². The molecule has 1 atom stereocenters.